The molecular weight excluding hydrogens is 192 g/mol. The predicted octanol–water partition coefficient (Wildman–Crippen LogP) is 3.77. The van der Waals surface area contributed by atoms with E-state index in [1.54, 1.807) is 18.2 Å². The number of aliphatic hydroxyl groups is 3. The summed E-state index contributed by atoms with van der Waals surface area (Å²) in [5.74, 6) is 0. The van der Waals surface area contributed by atoms with Crippen molar-refractivity contribution in [3.63, 3.8) is 0 Å². The van der Waals surface area contributed by atoms with E-state index in [2.05, 4.69) is 6.92 Å². The predicted molar refractivity (Wildman–Crippen MR) is 61.9 cm³/mol. The van der Waals surface area contributed by atoms with Gasteiger partial charge in [-0.25, -0.2) is 0 Å². The SMILES string of the molecule is CCC(CC=CO)(CC=CO)CC=CO. The second kappa shape index (κ2) is 7.97. The molecule has 0 aliphatic heterocycles. The minimum atomic E-state index is -0.0440. The molecule has 0 fully saturated rings. The van der Waals surface area contributed by atoms with Crippen LogP contribution in [0, 0.1) is 5.41 Å². The van der Waals surface area contributed by atoms with Crippen molar-refractivity contribution in [2.45, 2.75) is 32.6 Å². The average molecular weight is 212 g/mol. The maximum atomic E-state index is 8.66. The van der Waals surface area contributed by atoms with E-state index >= 15 is 0 Å². The Morgan fingerprint density at radius 1 is 0.800 bits per heavy atom. The first-order valence-corrected chi connectivity index (χ1v) is 5.12. The van der Waals surface area contributed by atoms with Crippen LogP contribution >= 0.6 is 0 Å². The fourth-order valence-corrected chi connectivity index (χ4v) is 1.59. The minimum Gasteiger partial charge on any atom is -0.516 e. The van der Waals surface area contributed by atoms with E-state index < -0.39 is 0 Å². The number of hydrogen-bond donors (Lipinski definition) is 3. The monoisotopic (exact) mass is 212 g/mol. The second-order valence-electron chi connectivity index (χ2n) is 3.62. The summed E-state index contributed by atoms with van der Waals surface area (Å²) in [4.78, 5) is 0. The first-order valence-electron chi connectivity index (χ1n) is 5.12. The molecule has 0 saturated carbocycles. The van der Waals surface area contributed by atoms with E-state index in [1.807, 2.05) is 0 Å². The van der Waals surface area contributed by atoms with Gasteiger partial charge in [0.25, 0.3) is 0 Å². The summed E-state index contributed by atoms with van der Waals surface area (Å²) in [6.45, 7) is 2.06. The lowest BCUT2D eigenvalue weighted by atomic mass is 9.76. The molecule has 15 heavy (non-hydrogen) atoms. The van der Waals surface area contributed by atoms with Gasteiger partial charge in [-0.15, -0.1) is 0 Å². The van der Waals surface area contributed by atoms with Crippen LogP contribution in [0.15, 0.2) is 37.0 Å². The van der Waals surface area contributed by atoms with Gasteiger partial charge in [0.15, 0.2) is 0 Å². The summed E-state index contributed by atoms with van der Waals surface area (Å²) >= 11 is 0. The highest BCUT2D eigenvalue weighted by atomic mass is 16.2. The zero-order chi connectivity index (χ0) is 11.6. The van der Waals surface area contributed by atoms with E-state index in [9.17, 15) is 0 Å². The van der Waals surface area contributed by atoms with Crippen molar-refractivity contribution in [1.29, 1.82) is 0 Å². The molecular formula is C12H20O3. The van der Waals surface area contributed by atoms with Crippen molar-refractivity contribution in [3.8, 4) is 0 Å². The van der Waals surface area contributed by atoms with E-state index in [1.165, 1.54) is 0 Å². The fraction of sp³-hybridized carbons (Fsp3) is 0.500. The molecule has 0 bridgehead atoms. The Hall–Kier alpha value is -1.38. The average Bonchev–Trinajstić information content (AvgIpc) is 2.29. The summed E-state index contributed by atoms with van der Waals surface area (Å²) in [6, 6.07) is 0. The molecule has 0 aromatic heterocycles. The minimum absolute atomic E-state index is 0.0440. The summed E-state index contributed by atoms with van der Waals surface area (Å²) in [7, 11) is 0. The Morgan fingerprint density at radius 2 is 1.13 bits per heavy atom. The molecule has 0 heterocycles. The molecule has 0 aliphatic rings. The molecule has 0 atom stereocenters. The van der Waals surface area contributed by atoms with Gasteiger partial charge in [-0.3, -0.25) is 0 Å². The van der Waals surface area contributed by atoms with Crippen LogP contribution in [0.1, 0.15) is 32.6 Å². The largest absolute Gasteiger partial charge is 0.516 e. The van der Waals surface area contributed by atoms with Gasteiger partial charge in [-0.1, -0.05) is 6.92 Å². The Morgan fingerprint density at radius 3 is 1.33 bits per heavy atom. The first-order chi connectivity index (χ1) is 7.24. The van der Waals surface area contributed by atoms with Crippen LogP contribution in [0.3, 0.4) is 0 Å². The number of hydrogen-bond acceptors (Lipinski definition) is 3. The van der Waals surface area contributed by atoms with Gasteiger partial charge in [0.05, 0.1) is 18.8 Å². The number of allylic oxidation sites excluding steroid dienone is 3. The molecule has 0 unspecified atom stereocenters. The van der Waals surface area contributed by atoms with Crippen molar-refractivity contribution in [1.82, 2.24) is 0 Å². The van der Waals surface area contributed by atoms with Crippen molar-refractivity contribution in [3.05, 3.63) is 37.0 Å². The van der Waals surface area contributed by atoms with E-state index in [0.29, 0.717) is 19.3 Å². The normalized spacial score (nSPS) is 16.6. The van der Waals surface area contributed by atoms with Crippen LogP contribution in [0.2, 0.25) is 0 Å². The van der Waals surface area contributed by atoms with Crippen molar-refractivity contribution >= 4 is 0 Å². The molecule has 0 aliphatic carbocycles. The Kier molecular flexibility index (Phi) is 7.24. The lowest BCUT2D eigenvalue weighted by Gasteiger charge is -2.29. The Bertz CT molecular complexity index is 193. The molecule has 86 valence electrons. The standard InChI is InChI=1S/C12H20O3/c1-2-12(6-3-9-13,7-4-10-14)8-5-11-15/h3-5,9-11,13-15H,2,6-8H2,1H3. The zero-order valence-corrected chi connectivity index (χ0v) is 9.13. The third-order valence-corrected chi connectivity index (χ3v) is 2.72. The van der Waals surface area contributed by atoms with E-state index in [4.69, 9.17) is 15.3 Å². The van der Waals surface area contributed by atoms with E-state index in [-0.39, 0.29) is 5.41 Å². The maximum absolute atomic E-state index is 8.66. The van der Waals surface area contributed by atoms with E-state index in [0.717, 1.165) is 25.2 Å². The smallest absolute Gasteiger partial charge is 0.0751 e. The molecule has 3 heteroatoms. The van der Waals surface area contributed by atoms with Crippen LogP contribution in [0.5, 0.6) is 0 Å². The Balaban J connectivity index is 4.57. The highest BCUT2D eigenvalue weighted by Crippen LogP contribution is 2.36. The molecule has 0 rings (SSSR count). The topological polar surface area (TPSA) is 60.7 Å². The summed E-state index contributed by atoms with van der Waals surface area (Å²) in [5.41, 5.74) is -0.0440. The molecule has 0 amide bonds. The highest BCUT2D eigenvalue weighted by Gasteiger charge is 2.24. The first kappa shape index (κ1) is 13.6. The van der Waals surface area contributed by atoms with Crippen molar-refractivity contribution < 1.29 is 15.3 Å². The second-order valence-corrected chi connectivity index (χ2v) is 3.62. The van der Waals surface area contributed by atoms with Crippen LogP contribution in [-0.4, -0.2) is 15.3 Å². The number of aliphatic hydroxyl groups excluding tert-OH is 3. The molecule has 0 radical (unpaired) electrons. The quantitative estimate of drug-likeness (QED) is 0.563. The van der Waals surface area contributed by atoms with Crippen LogP contribution in [0.4, 0.5) is 0 Å². The number of rotatable bonds is 7. The van der Waals surface area contributed by atoms with Crippen LogP contribution in [-0.2, 0) is 0 Å². The van der Waals surface area contributed by atoms with Crippen LogP contribution in [0.25, 0.3) is 0 Å². The lowest BCUT2D eigenvalue weighted by Crippen LogP contribution is -2.17. The van der Waals surface area contributed by atoms with Gasteiger partial charge in [0.2, 0.25) is 0 Å². The maximum Gasteiger partial charge on any atom is 0.0751 e. The van der Waals surface area contributed by atoms with Gasteiger partial charge in [0.1, 0.15) is 0 Å². The lowest BCUT2D eigenvalue weighted by molar-refractivity contribution is 0.277. The molecule has 0 spiro atoms. The highest BCUT2D eigenvalue weighted by molar-refractivity contribution is 4.96. The van der Waals surface area contributed by atoms with Gasteiger partial charge in [-0.2, -0.15) is 0 Å². The third kappa shape index (κ3) is 5.15. The summed E-state index contributed by atoms with van der Waals surface area (Å²) in [5, 5.41) is 26.0. The summed E-state index contributed by atoms with van der Waals surface area (Å²) in [6.07, 6.45) is 11.3. The van der Waals surface area contributed by atoms with Gasteiger partial charge >= 0.3 is 0 Å². The zero-order valence-electron chi connectivity index (χ0n) is 9.13. The van der Waals surface area contributed by atoms with Gasteiger partial charge in [0, 0.05) is 0 Å². The molecule has 0 aromatic carbocycles. The van der Waals surface area contributed by atoms with Crippen molar-refractivity contribution in [2.75, 3.05) is 0 Å². The third-order valence-electron chi connectivity index (χ3n) is 2.72. The Labute approximate surface area is 91.1 Å². The van der Waals surface area contributed by atoms with Crippen LogP contribution < -0.4 is 0 Å². The van der Waals surface area contributed by atoms with Gasteiger partial charge in [-0.05, 0) is 49.3 Å². The van der Waals surface area contributed by atoms with Gasteiger partial charge < -0.3 is 15.3 Å². The summed E-state index contributed by atoms with van der Waals surface area (Å²) < 4.78 is 0. The molecule has 0 saturated heterocycles. The molecule has 3 N–H and O–H groups in total. The molecule has 0 aromatic rings. The van der Waals surface area contributed by atoms with Crippen molar-refractivity contribution in [2.24, 2.45) is 5.41 Å². The molecule has 3 nitrogen and oxygen atoms in total. The fourth-order valence-electron chi connectivity index (χ4n) is 1.59.